The number of carbonyl (C=O) groups is 2. The molecule has 2 amide bonds. The third kappa shape index (κ3) is 5.16. The van der Waals surface area contributed by atoms with Gasteiger partial charge in [-0.2, -0.15) is 5.10 Å². The second-order valence-corrected chi connectivity index (χ2v) is 10.6. The van der Waals surface area contributed by atoms with Crippen LogP contribution in [0.3, 0.4) is 0 Å². The molecule has 2 aromatic heterocycles. The minimum atomic E-state index is -0.630. The number of primary amides is 1. The summed E-state index contributed by atoms with van der Waals surface area (Å²) in [5.41, 5.74) is 10.6. The van der Waals surface area contributed by atoms with Gasteiger partial charge in [-0.3, -0.25) is 9.59 Å². The molecule has 1 aliphatic carbocycles. The van der Waals surface area contributed by atoms with Crippen LogP contribution in [-0.4, -0.2) is 64.2 Å². The Balaban J connectivity index is 1.32. The molecule has 0 radical (unpaired) electrons. The standard InChI is InChI=1S/C30H29ClFN7O2/c1-2-37-11-13-38(14-12-37)26-16-24(25(31)17-34-26)30(41)35-20-7-3-18-4-10-22-27(29(33)40)36-39(28(22)23(18)15-20)21-8-5-19(32)6-9-21/h3,5-9,15-17H,2,4,10-14H2,1H3,(H2,33,40)(H,35,41). The van der Waals surface area contributed by atoms with Gasteiger partial charge in [-0.15, -0.1) is 0 Å². The summed E-state index contributed by atoms with van der Waals surface area (Å²) >= 11 is 6.42. The van der Waals surface area contributed by atoms with Gasteiger partial charge in [-0.05, 0) is 67.4 Å². The second kappa shape index (κ2) is 10.9. The Hall–Kier alpha value is -4.28. The van der Waals surface area contributed by atoms with Gasteiger partial charge in [0.15, 0.2) is 5.69 Å². The van der Waals surface area contributed by atoms with Gasteiger partial charge >= 0.3 is 0 Å². The lowest BCUT2D eigenvalue weighted by Crippen LogP contribution is -2.46. The lowest BCUT2D eigenvalue weighted by molar-refractivity contribution is 0.0992. The highest BCUT2D eigenvalue weighted by atomic mass is 35.5. The molecule has 6 rings (SSSR count). The smallest absolute Gasteiger partial charge is 0.269 e. The summed E-state index contributed by atoms with van der Waals surface area (Å²) in [6, 6.07) is 13.3. The molecule has 1 fully saturated rings. The average molecular weight is 574 g/mol. The number of halogens is 2. The van der Waals surface area contributed by atoms with E-state index >= 15 is 0 Å². The van der Waals surface area contributed by atoms with Gasteiger partial charge in [0, 0.05) is 49.2 Å². The maximum Gasteiger partial charge on any atom is 0.269 e. The quantitative estimate of drug-likeness (QED) is 0.356. The molecule has 3 heterocycles. The Morgan fingerprint density at radius 2 is 1.80 bits per heavy atom. The highest BCUT2D eigenvalue weighted by Gasteiger charge is 2.29. The Bertz CT molecular complexity index is 1650. The van der Waals surface area contributed by atoms with Crippen LogP contribution in [0.2, 0.25) is 5.02 Å². The summed E-state index contributed by atoms with van der Waals surface area (Å²) in [5.74, 6) is -0.648. The van der Waals surface area contributed by atoms with Crippen LogP contribution in [0.15, 0.2) is 54.7 Å². The maximum atomic E-state index is 13.7. The predicted molar refractivity (Wildman–Crippen MR) is 156 cm³/mol. The molecule has 0 spiro atoms. The highest BCUT2D eigenvalue weighted by molar-refractivity contribution is 6.34. The molecule has 1 aliphatic heterocycles. The zero-order chi connectivity index (χ0) is 28.7. The topological polar surface area (TPSA) is 109 Å². The van der Waals surface area contributed by atoms with Crippen molar-refractivity contribution in [3.8, 4) is 16.9 Å². The van der Waals surface area contributed by atoms with Crippen LogP contribution in [0, 0.1) is 5.82 Å². The number of likely N-dealkylation sites (N-methyl/N-ethyl adjacent to an activating group) is 1. The fourth-order valence-corrected chi connectivity index (χ4v) is 5.74. The zero-order valence-corrected chi connectivity index (χ0v) is 23.3. The van der Waals surface area contributed by atoms with E-state index in [1.54, 1.807) is 22.9 Å². The van der Waals surface area contributed by atoms with Crippen LogP contribution in [0.5, 0.6) is 0 Å². The van der Waals surface area contributed by atoms with Crippen molar-refractivity contribution < 1.29 is 14.0 Å². The van der Waals surface area contributed by atoms with Crippen LogP contribution in [0.1, 0.15) is 38.9 Å². The fraction of sp³-hybridized carbons (Fsp3) is 0.267. The van der Waals surface area contributed by atoms with Gasteiger partial charge < -0.3 is 20.9 Å². The predicted octanol–water partition coefficient (Wildman–Crippen LogP) is 4.32. The van der Waals surface area contributed by atoms with E-state index in [1.165, 1.54) is 18.3 Å². The van der Waals surface area contributed by atoms with Crippen LogP contribution in [0.4, 0.5) is 15.9 Å². The number of nitrogens with zero attached hydrogens (tertiary/aromatic N) is 5. The summed E-state index contributed by atoms with van der Waals surface area (Å²) in [6.07, 6.45) is 2.77. The Morgan fingerprint density at radius 1 is 1.05 bits per heavy atom. The third-order valence-electron chi connectivity index (χ3n) is 7.78. The van der Waals surface area contributed by atoms with E-state index in [9.17, 15) is 14.0 Å². The number of piperazine rings is 1. The number of benzene rings is 2. The summed E-state index contributed by atoms with van der Waals surface area (Å²) in [6.45, 7) is 6.67. The SMILES string of the molecule is CCN1CCN(c2cc(C(=O)Nc3ccc4c(c3)-c3c(c(C(N)=O)nn3-c3ccc(F)cc3)CC4)c(Cl)cn2)CC1. The Kier molecular flexibility index (Phi) is 7.19. The fourth-order valence-electron chi connectivity index (χ4n) is 5.55. The monoisotopic (exact) mass is 573 g/mol. The number of nitrogens with one attached hydrogen (secondary N) is 1. The van der Waals surface area contributed by atoms with Crippen LogP contribution < -0.4 is 16.0 Å². The average Bonchev–Trinajstić information content (AvgIpc) is 3.38. The van der Waals surface area contributed by atoms with E-state index < -0.39 is 5.91 Å². The molecular weight excluding hydrogens is 545 g/mol. The number of anilines is 2. The molecule has 4 aromatic rings. The van der Waals surface area contributed by atoms with E-state index in [0.717, 1.165) is 49.4 Å². The minimum absolute atomic E-state index is 0.181. The molecule has 1 saturated heterocycles. The van der Waals surface area contributed by atoms with E-state index in [0.29, 0.717) is 41.3 Å². The molecule has 3 N–H and O–H groups in total. The van der Waals surface area contributed by atoms with E-state index in [-0.39, 0.29) is 22.4 Å². The normalized spacial score (nSPS) is 14.9. The van der Waals surface area contributed by atoms with Crippen molar-refractivity contribution >= 4 is 34.9 Å². The number of hydrogen-bond acceptors (Lipinski definition) is 6. The summed E-state index contributed by atoms with van der Waals surface area (Å²) in [5, 5.41) is 7.74. The van der Waals surface area contributed by atoms with Crippen molar-refractivity contribution in [1.82, 2.24) is 19.7 Å². The van der Waals surface area contributed by atoms with Crippen molar-refractivity contribution in [1.29, 1.82) is 0 Å². The molecule has 2 aliphatic rings. The first-order valence-corrected chi connectivity index (χ1v) is 13.9. The van der Waals surface area contributed by atoms with Crippen molar-refractivity contribution in [2.45, 2.75) is 19.8 Å². The molecule has 2 aromatic carbocycles. The number of amides is 2. The molecule has 210 valence electrons. The van der Waals surface area contributed by atoms with Gasteiger partial charge in [0.25, 0.3) is 11.8 Å². The first kappa shape index (κ1) is 26.9. The van der Waals surface area contributed by atoms with Crippen molar-refractivity contribution in [2.75, 3.05) is 42.9 Å². The Morgan fingerprint density at radius 3 is 2.51 bits per heavy atom. The van der Waals surface area contributed by atoms with Crippen molar-refractivity contribution in [2.24, 2.45) is 5.73 Å². The Labute approximate surface area is 241 Å². The molecule has 41 heavy (non-hydrogen) atoms. The highest BCUT2D eigenvalue weighted by Crippen LogP contribution is 2.38. The van der Waals surface area contributed by atoms with Crippen LogP contribution in [0.25, 0.3) is 16.9 Å². The largest absolute Gasteiger partial charge is 0.364 e. The van der Waals surface area contributed by atoms with E-state index in [2.05, 4.69) is 32.1 Å². The summed E-state index contributed by atoms with van der Waals surface area (Å²) in [7, 11) is 0. The number of nitrogens with two attached hydrogens (primary N) is 1. The summed E-state index contributed by atoms with van der Waals surface area (Å²) in [4.78, 5) is 34.7. The molecule has 9 nitrogen and oxygen atoms in total. The first-order chi connectivity index (χ1) is 19.8. The minimum Gasteiger partial charge on any atom is -0.364 e. The number of hydrogen-bond donors (Lipinski definition) is 2. The second-order valence-electron chi connectivity index (χ2n) is 10.2. The summed E-state index contributed by atoms with van der Waals surface area (Å²) < 4.78 is 15.3. The lowest BCUT2D eigenvalue weighted by Gasteiger charge is -2.34. The molecular formula is C30H29ClFN7O2. The number of rotatable bonds is 6. The van der Waals surface area contributed by atoms with Gasteiger partial charge in [-0.1, -0.05) is 24.6 Å². The zero-order valence-electron chi connectivity index (χ0n) is 22.5. The van der Waals surface area contributed by atoms with E-state index in [4.69, 9.17) is 17.3 Å². The number of aromatic nitrogens is 3. The van der Waals surface area contributed by atoms with Gasteiger partial charge in [0.05, 0.1) is 22.0 Å². The van der Waals surface area contributed by atoms with E-state index in [1.807, 2.05) is 18.2 Å². The number of fused-ring (bicyclic) bond motifs is 3. The van der Waals surface area contributed by atoms with Gasteiger partial charge in [-0.25, -0.2) is 14.1 Å². The molecule has 0 atom stereocenters. The van der Waals surface area contributed by atoms with Crippen LogP contribution >= 0.6 is 11.6 Å². The van der Waals surface area contributed by atoms with Gasteiger partial charge in [0.2, 0.25) is 0 Å². The van der Waals surface area contributed by atoms with Gasteiger partial charge in [0.1, 0.15) is 11.6 Å². The first-order valence-electron chi connectivity index (χ1n) is 13.6. The number of pyridine rings is 1. The van der Waals surface area contributed by atoms with Crippen LogP contribution in [-0.2, 0) is 12.8 Å². The van der Waals surface area contributed by atoms with Crippen molar-refractivity contribution in [3.63, 3.8) is 0 Å². The third-order valence-corrected chi connectivity index (χ3v) is 8.09. The maximum absolute atomic E-state index is 13.7. The lowest BCUT2D eigenvalue weighted by atomic mass is 9.88. The number of aryl methyl sites for hydroxylation is 1. The molecule has 0 saturated carbocycles. The number of carbonyl (C=O) groups excluding carboxylic acids is 2. The molecule has 0 bridgehead atoms. The van der Waals surface area contributed by atoms with Crippen molar-refractivity contribution in [3.05, 3.63) is 88.0 Å². The molecule has 0 unspecified atom stereocenters. The molecule has 11 heteroatoms.